The molecule has 1 saturated carbocycles. The van der Waals surface area contributed by atoms with Gasteiger partial charge in [0.1, 0.15) is 0 Å². The van der Waals surface area contributed by atoms with E-state index in [2.05, 4.69) is 34.6 Å². The molecule has 0 unspecified atom stereocenters. The Morgan fingerprint density at radius 3 is 2.00 bits per heavy atom. The number of hydrogen-bond acceptors (Lipinski definition) is 3. The Morgan fingerprint density at radius 1 is 1.00 bits per heavy atom. The van der Waals surface area contributed by atoms with Crippen molar-refractivity contribution in [3.05, 3.63) is 0 Å². The largest absolute Gasteiger partial charge is 0.373 e. The van der Waals surface area contributed by atoms with Crippen LogP contribution >= 0.6 is 0 Å². The molecule has 1 rings (SSSR count). The van der Waals surface area contributed by atoms with E-state index in [4.69, 9.17) is 15.2 Å². The lowest BCUT2D eigenvalue weighted by molar-refractivity contribution is -0.112. The maximum atomic E-state index is 6.06. The maximum absolute atomic E-state index is 6.06. The first kappa shape index (κ1) is 15.9. The third-order valence-corrected chi connectivity index (χ3v) is 3.91. The Hall–Kier alpha value is -0.120. The van der Waals surface area contributed by atoms with E-state index in [1.165, 1.54) is 12.8 Å². The summed E-state index contributed by atoms with van der Waals surface area (Å²) in [5.74, 6) is 0. The summed E-state index contributed by atoms with van der Waals surface area (Å²) >= 11 is 0. The van der Waals surface area contributed by atoms with Crippen LogP contribution in [0.3, 0.4) is 0 Å². The van der Waals surface area contributed by atoms with E-state index < -0.39 is 0 Å². The number of ether oxygens (including phenoxy) is 2. The number of rotatable bonds is 5. The van der Waals surface area contributed by atoms with E-state index in [1.54, 1.807) is 0 Å². The Balaban J connectivity index is 2.34. The molecule has 18 heavy (non-hydrogen) atoms. The fourth-order valence-electron chi connectivity index (χ4n) is 2.40. The van der Waals surface area contributed by atoms with Gasteiger partial charge < -0.3 is 15.2 Å². The van der Waals surface area contributed by atoms with Crippen molar-refractivity contribution in [2.24, 2.45) is 11.1 Å². The van der Waals surface area contributed by atoms with Gasteiger partial charge in [-0.15, -0.1) is 0 Å². The van der Waals surface area contributed by atoms with E-state index in [0.717, 1.165) is 12.8 Å². The molecule has 0 spiro atoms. The summed E-state index contributed by atoms with van der Waals surface area (Å²) in [6.07, 6.45) is 4.55. The lowest BCUT2D eigenvalue weighted by atomic mass is 9.71. The summed E-state index contributed by atoms with van der Waals surface area (Å²) in [6, 6.07) is 0. The van der Waals surface area contributed by atoms with Crippen molar-refractivity contribution in [2.75, 3.05) is 19.8 Å². The highest BCUT2D eigenvalue weighted by Crippen LogP contribution is 2.41. The van der Waals surface area contributed by atoms with Crippen molar-refractivity contribution in [3.63, 3.8) is 0 Å². The molecule has 3 nitrogen and oxygen atoms in total. The lowest BCUT2D eigenvalue weighted by Crippen LogP contribution is -2.46. The van der Waals surface area contributed by atoms with Gasteiger partial charge >= 0.3 is 0 Å². The molecule has 0 radical (unpaired) electrons. The van der Waals surface area contributed by atoms with Gasteiger partial charge in [0.05, 0.1) is 24.4 Å². The fraction of sp³-hybridized carbons (Fsp3) is 1.00. The molecule has 0 atom stereocenters. The van der Waals surface area contributed by atoms with Crippen molar-refractivity contribution < 1.29 is 9.47 Å². The maximum Gasteiger partial charge on any atom is 0.0805 e. The zero-order valence-electron chi connectivity index (χ0n) is 12.8. The predicted octanol–water partition coefficient (Wildman–Crippen LogP) is 3.12. The molecule has 0 aromatic carbocycles. The second-order valence-corrected chi connectivity index (χ2v) is 7.36. The topological polar surface area (TPSA) is 44.5 Å². The third kappa shape index (κ3) is 5.25. The molecule has 0 amide bonds. The minimum atomic E-state index is -0.100. The number of nitrogens with two attached hydrogens (primary N) is 1. The fourth-order valence-corrected chi connectivity index (χ4v) is 2.40. The summed E-state index contributed by atoms with van der Waals surface area (Å²) in [5, 5.41) is 0. The predicted molar refractivity (Wildman–Crippen MR) is 75.7 cm³/mol. The van der Waals surface area contributed by atoms with E-state index >= 15 is 0 Å². The highest BCUT2D eigenvalue weighted by Gasteiger charge is 2.38. The van der Waals surface area contributed by atoms with Gasteiger partial charge in [-0.25, -0.2) is 0 Å². The highest BCUT2D eigenvalue weighted by atomic mass is 16.5. The minimum Gasteiger partial charge on any atom is -0.373 e. The van der Waals surface area contributed by atoms with Crippen molar-refractivity contribution >= 4 is 0 Å². The molecule has 0 bridgehead atoms. The van der Waals surface area contributed by atoms with Crippen LogP contribution in [0.2, 0.25) is 0 Å². The van der Waals surface area contributed by atoms with Crippen LogP contribution in [0.15, 0.2) is 0 Å². The van der Waals surface area contributed by atoms with E-state index in [1.807, 2.05) is 0 Å². The zero-order valence-corrected chi connectivity index (χ0v) is 12.8. The van der Waals surface area contributed by atoms with Crippen LogP contribution in [0.5, 0.6) is 0 Å². The third-order valence-electron chi connectivity index (χ3n) is 3.91. The molecule has 0 aromatic heterocycles. The SMILES string of the molecule is CC1(C)CCC(CN)(OCCOC(C)(C)C)CC1. The van der Waals surface area contributed by atoms with Crippen molar-refractivity contribution in [2.45, 2.75) is 71.5 Å². The van der Waals surface area contributed by atoms with Crippen LogP contribution < -0.4 is 5.73 Å². The van der Waals surface area contributed by atoms with Crippen LogP contribution in [0, 0.1) is 5.41 Å². The average Bonchev–Trinajstić information content (AvgIpc) is 2.26. The Bertz CT molecular complexity index is 246. The summed E-state index contributed by atoms with van der Waals surface area (Å²) < 4.78 is 11.7. The molecule has 1 fully saturated rings. The zero-order chi connectivity index (χ0) is 13.9. The minimum absolute atomic E-state index is 0.0895. The molecular weight excluding hydrogens is 226 g/mol. The van der Waals surface area contributed by atoms with Gasteiger partial charge in [-0.3, -0.25) is 0 Å². The van der Waals surface area contributed by atoms with Gasteiger partial charge in [0, 0.05) is 6.54 Å². The first-order valence-corrected chi connectivity index (χ1v) is 7.16. The summed E-state index contributed by atoms with van der Waals surface area (Å²) in [7, 11) is 0. The summed E-state index contributed by atoms with van der Waals surface area (Å²) in [5.41, 5.74) is 6.19. The molecule has 2 N–H and O–H groups in total. The molecule has 0 heterocycles. The van der Waals surface area contributed by atoms with Crippen LogP contribution in [0.25, 0.3) is 0 Å². The Morgan fingerprint density at radius 2 is 1.56 bits per heavy atom. The second-order valence-electron chi connectivity index (χ2n) is 7.36. The first-order chi connectivity index (χ1) is 8.18. The molecule has 108 valence electrons. The highest BCUT2D eigenvalue weighted by molar-refractivity contribution is 4.91. The smallest absolute Gasteiger partial charge is 0.0805 e. The average molecular weight is 257 g/mol. The van der Waals surface area contributed by atoms with Crippen LogP contribution in [0.4, 0.5) is 0 Å². The van der Waals surface area contributed by atoms with Crippen LogP contribution in [-0.2, 0) is 9.47 Å². The summed E-state index contributed by atoms with van der Waals surface area (Å²) in [4.78, 5) is 0. The standard InChI is InChI=1S/C15H31NO2/c1-13(2,3)17-10-11-18-15(12-16)8-6-14(4,5)7-9-15/h6-12,16H2,1-5H3. The van der Waals surface area contributed by atoms with Gasteiger partial charge in [0.2, 0.25) is 0 Å². The van der Waals surface area contributed by atoms with E-state index in [9.17, 15) is 0 Å². The van der Waals surface area contributed by atoms with Crippen molar-refractivity contribution in [1.29, 1.82) is 0 Å². The molecule has 1 aliphatic rings. The number of hydrogen-bond donors (Lipinski definition) is 1. The van der Waals surface area contributed by atoms with Gasteiger partial charge in [0.15, 0.2) is 0 Å². The summed E-state index contributed by atoms with van der Waals surface area (Å²) in [6.45, 7) is 12.8. The quantitative estimate of drug-likeness (QED) is 0.770. The Labute approximate surface area is 112 Å². The van der Waals surface area contributed by atoms with Gasteiger partial charge in [-0.1, -0.05) is 13.8 Å². The molecule has 0 saturated heterocycles. The molecule has 3 heteroatoms. The molecule has 0 aliphatic heterocycles. The molecular formula is C15H31NO2. The molecule has 1 aliphatic carbocycles. The van der Waals surface area contributed by atoms with Gasteiger partial charge in [-0.05, 0) is 51.9 Å². The second kappa shape index (κ2) is 5.89. The van der Waals surface area contributed by atoms with E-state index in [-0.39, 0.29) is 11.2 Å². The lowest BCUT2D eigenvalue weighted by Gasteiger charge is -2.43. The monoisotopic (exact) mass is 257 g/mol. The first-order valence-electron chi connectivity index (χ1n) is 7.16. The van der Waals surface area contributed by atoms with Gasteiger partial charge in [0.25, 0.3) is 0 Å². The normalized spacial score (nSPS) is 23.0. The molecule has 0 aromatic rings. The van der Waals surface area contributed by atoms with Crippen LogP contribution in [-0.4, -0.2) is 31.0 Å². The van der Waals surface area contributed by atoms with Crippen molar-refractivity contribution in [1.82, 2.24) is 0 Å². The Kier molecular flexibility index (Phi) is 5.22. The van der Waals surface area contributed by atoms with Crippen molar-refractivity contribution in [3.8, 4) is 0 Å². The van der Waals surface area contributed by atoms with Crippen LogP contribution in [0.1, 0.15) is 60.3 Å². The van der Waals surface area contributed by atoms with Gasteiger partial charge in [-0.2, -0.15) is 0 Å². The van der Waals surface area contributed by atoms with E-state index in [0.29, 0.717) is 25.2 Å².